The van der Waals surface area contributed by atoms with Crippen molar-refractivity contribution in [2.24, 2.45) is 0 Å². The molecule has 0 N–H and O–H groups in total. The fourth-order valence-corrected chi connectivity index (χ4v) is 8.17. The summed E-state index contributed by atoms with van der Waals surface area (Å²) in [5.74, 6) is -0.873. The summed E-state index contributed by atoms with van der Waals surface area (Å²) in [5, 5.41) is 11.6. The first kappa shape index (κ1) is 34.1. The summed E-state index contributed by atoms with van der Waals surface area (Å²) >= 11 is 0. The number of aromatic nitrogens is 3. The van der Waals surface area contributed by atoms with Gasteiger partial charge in [-0.25, -0.2) is 9.74 Å². The van der Waals surface area contributed by atoms with E-state index in [1.807, 2.05) is 126 Å². The van der Waals surface area contributed by atoms with Crippen LogP contribution >= 0.6 is 0 Å². The monoisotopic (exact) mass is 744 g/mol. The summed E-state index contributed by atoms with van der Waals surface area (Å²) in [6.45, 7) is 7.70. The number of rotatable bonds is 6. The van der Waals surface area contributed by atoms with Crippen molar-refractivity contribution in [3.8, 4) is 56.3 Å². The van der Waals surface area contributed by atoms with E-state index in [1.54, 1.807) is 36.7 Å². The first-order chi connectivity index (χ1) is 28.5. The number of hydrogen-bond donors (Lipinski definition) is 0. The van der Waals surface area contributed by atoms with Crippen LogP contribution in [0.5, 0.6) is 0 Å². The number of benzene rings is 6. The highest BCUT2D eigenvalue weighted by Crippen LogP contribution is 2.45. The maximum absolute atomic E-state index is 15.2. The molecule has 9 aromatic rings. The molecule has 6 aromatic carbocycles. The molecular formula is C50H28N6O2. The van der Waals surface area contributed by atoms with Crippen molar-refractivity contribution in [2.45, 2.75) is 0 Å². The van der Waals surface area contributed by atoms with E-state index < -0.39 is 11.8 Å². The highest BCUT2D eigenvalue weighted by Gasteiger charge is 2.40. The molecule has 58 heavy (non-hydrogen) atoms. The van der Waals surface area contributed by atoms with Gasteiger partial charge in [-0.3, -0.25) is 19.6 Å². The van der Waals surface area contributed by atoms with Crippen LogP contribution in [0.15, 0.2) is 170 Å². The molecule has 0 unspecified atom stereocenters. The Morgan fingerprint density at radius 1 is 0.517 bits per heavy atom. The number of nitrogens with zero attached hydrogens (tertiary/aromatic N) is 6. The number of carbonyl (C=O) groups excluding carboxylic acids is 2. The van der Waals surface area contributed by atoms with E-state index in [1.165, 1.54) is 17.3 Å². The normalized spacial score (nSPS) is 12.1. The number of para-hydroxylation sites is 2. The summed E-state index contributed by atoms with van der Waals surface area (Å²) in [4.78, 5) is 43.7. The highest BCUT2D eigenvalue weighted by atomic mass is 16.2. The maximum atomic E-state index is 15.2. The molecule has 0 radical (unpaired) electrons. The zero-order valence-corrected chi connectivity index (χ0v) is 30.7. The van der Waals surface area contributed by atoms with Crippen LogP contribution in [-0.2, 0) is 0 Å². The predicted octanol–water partition coefficient (Wildman–Crippen LogP) is 11.5. The Balaban J connectivity index is 1.25. The van der Waals surface area contributed by atoms with Gasteiger partial charge in [0.2, 0.25) is 5.69 Å². The van der Waals surface area contributed by atoms with Crippen LogP contribution in [0.2, 0.25) is 0 Å². The van der Waals surface area contributed by atoms with Gasteiger partial charge in [-0.05, 0) is 58.7 Å². The van der Waals surface area contributed by atoms with Crippen molar-refractivity contribution in [3.05, 3.63) is 198 Å². The van der Waals surface area contributed by atoms with Gasteiger partial charge in [-0.1, -0.05) is 109 Å². The third-order valence-electron chi connectivity index (χ3n) is 10.7. The van der Waals surface area contributed by atoms with Crippen molar-refractivity contribution < 1.29 is 9.59 Å². The molecule has 1 aliphatic rings. The largest absolute Gasteiger partial charge is 0.307 e. The molecule has 8 heteroatoms. The first-order valence-corrected chi connectivity index (χ1v) is 18.6. The van der Waals surface area contributed by atoms with Crippen molar-refractivity contribution in [2.75, 3.05) is 4.90 Å². The smallest absolute Gasteiger partial charge is 0.268 e. The fourth-order valence-electron chi connectivity index (χ4n) is 8.17. The van der Waals surface area contributed by atoms with Gasteiger partial charge in [-0.15, -0.1) is 0 Å². The summed E-state index contributed by atoms with van der Waals surface area (Å²) in [6.07, 6.45) is 6.49. The fraction of sp³-hybridized carbons (Fsp3) is 0. The topological polar surface area (TPSA) is 96.2 Å². The Hall–Kier alpha value is -8.46. The van der Waals surface area contributed by atoms with Crippen LogP contribution in [0.1, 0.15) is 26.3 Å². The van der Waals surface area contributed by atoms with Gasteiger partial charge < -0.3 is 4.57 Å². The second-order valence-corrected chi connectivity index (χ2v) is 14.0. The van der Waals surface area contributed by atoms with E-state index in [0.29, 0.717) is 22.6 Å². The number of carbonyl (C=O) groups is 2. The second kappa shape index (κ2) is 13.7. The SMILES string of the molecule is [C-]#[N+]c1cncc(-c2cccc3c4cccc(-c5cncc(C#N)c5)c4n(-c4cccc5c4C(=O)N(c4ccc(-c6ccccc6)cc4-c4ccccc4)C5=O)c23)c1. The summed E-state index contributed by atoms with van der Waals surface area (Å²) in [5.41, 5.74) is 10.5. The lowest BCUT2D eigenvalue weighted by Crippen LogP contribution is -2.30. The van der Waals surface area contributed by atoms with Crippen molar-refractivity contribution in [1.82, 2.24) is 14.5 Å². The van der Waals surface area contributed by atoms with E-state index in [0.717, 1.165) is 66.3 Å². The number of pyridine rings is 2. The number of nitriles is 1. The quantitative estimate of drug-likeness (QED) is 0.125. The summed E-state index contributed by atoms with van der Waals surface area (Å²) in [7, 11) is 0. The summed E-state index contributed by atoms with van der Waals surface area (Å²) < 4.78 is 2.04. The third kappa shape index (κ3) is 5.36. The minimum absolute atomic E-state index is 0.263. The van der Waals surface area contributed by atoms with Crippen LogP contribution in [0.3, 0.4) is 0 Å². The van der Waals surface area contributed by atoms with Crippen molar-refractivity contribution in [1.29, 1.82) is 5.26 Å². The molecule has 3 aromatic heterocycles. The molecule has 0 aliphatic carbocycles. The standard InChI is InChI=1S/C50H28N6O2/c1-52-37-24-36(29-54-30-37)39-16-9-18-41-40-17-8-15-38(35-23-31(26-51)27-53-28-35)47(40)55(48(39)41)45-20-10-19-42-46(45)50(58)56(49(42)57)44-22-21-34(32-11-4-2-5-12-32)25-43(44)33-13-6-3-7-14-33/h2-25,27-30H. The van der Waals surface area contributed by atoms with Crippen LogP contribution in [0, 0.1) is 17.9 Å². The Labute approximate surface area is 333 Å². The molecule has 10 rings (SSSR count). The molecule has 1 aliphatic heterocycles. The lowest BCUT2D eigenvalue weighted by atomic mass is 9.97. The molecule has 0 spiro atoms. The minimum atomic E-state index is -0.449. The van der Waals surface area contributed by atoms with E-state index in [9.17, 15) is 10.1 Å². The molecule has 0 atom stereocenters. The molecule has 0 bridgehead atoms. The number of fused-ring (bicyclic) bond motifs is 4. The van der Waals surface area contributed by atoms with Crippen LogP contribution in [0.4, 0.5) is 11.4 Å². The van der Waals surface area contributed by atoms with Gasteiger partial charge in [0.05, 0.1) is 45.7 Å². The van der Waals surface area contributed by atoms with Gasteiger partial charge in [0.25, 0.3) is 11.8 Å². The second-order valence-electron chi connectivity index (χ2n) is 14.0. The first-order valence-electron chi connectivity index (χ1n) is 18.6. The van der Waals surface area contributed by atoms with E-state index >= 15 is 4.79 Å². The molecule has 8 nitrogen and oxygen atoms in total. The molecule has 0 saturated carbocycles. The average molecular weight is 745 g/mol. The zero-order valence-electron chi connectivity index (χ0n) is 30.7. The van der Waals surface area contributed by atoms with Crippen LogP contribution in [-0.4, -0.2) is 26.3 Å². The molecule has 270 valence electrons. The summed E-state index contributed by atoms with van der Waals surface area (Å²) in [6, 6.07) is 48.7. The maximum Gasteiger partial charge on any atom is 0.268 e. The lowest BCUT2D eigenvalue weighted by molar-refractivity contribution is 0.0926. The Bertz CT molecular complexity index is 3130. The van der Waals surface area contributed by atoms with Gasteiger partial charge >= 0.3 is 0 Å². The van der Waals surface area contributed by atoms with Gasteiger partial charge in [0.15, 0.2) is 0 Å². The zero-order chi connectivity index (χ0) is 39.3. The lowest BCUT2D eigenvalue weighted by Gasteiger charge is -2.20. The number of amides is 2. The average Bonchev–Trinajstić information content (AvgIpc) is 3.77. The minimum Gasteiger partial charge on any atom is -0.307 e. The number of anilines is 1. The Kier molecular flexibility index (Phi) is 8.04. The molecule has 0 saturated heterocycles. The molecule has 2 amide bonds. The third-order valence-corrected chi connectivity index (χ3v) is 10.7. The van der Waals surface area contributed by atoms with Gasteiger partial charge in [-0.2, -0.15) is 5.26 Å². The Morgan fingerprint density at radius 3 is 1.81 bits per heavy atom. The molecule has 4 heterocycles. The number of imide groups is 1. The van der Waals surface area contributed by atoms with Gasteiger partial charge in [0, 0.05) is 57.8 Å². The molecular weight excluding hydrogens is 717 g/mol. The van der Waals surface area contributed by atoms with E-state index in [2.05, 4.69) is 20.9 Å². The van der Waals surface area contributed by atoms with Crippen molar-refractivity contribution >= 4 is 45.0 Å². The number of hydrogen-bond acceptors (Lipinski definition) is 5. The van der Waals surface area contributed by atoms with Crippen molar-refractivity contribution in [3.63, 3.8) is 0 Å². The molecule has 0 fully saturated rings. The van der Waals surface area contributed by atoms with E-state index in [4.69, 9.17) is 6.57 Å². The highest BCUT2D eigenvalue weighted by molar-refractivity contribution is 6.36. The van der Waals surface area contributed by atoms with E-state index in [-0.39, 0.29) is 11.1 Å². The Morgan fingerprint density at radius 2 is 1.14 bits per heavy atom. The predicted molar refractivity (Wildman–Crippen MR) is 227 cm³/mol. The van der Waals surface area contributed by atoms with Gasteiger partial charge in [0.1, 0.15) is 6.07 Å². The van der Waals surface area contributed by atoms with Crippen LogP contribution < -0.4 is 4.90 Å². The van der Waals surface area contributed by atoms with Crippen LogP contribution in [0.25, 0.3) is 76.8 Å².